The van der Waals surface area contributed by atoms with Crippen molar-refractivity contribution >= 4 is 41.5 Å². The lowest BCUT2D eigenvalue weighted by Gasteiger charge is -2.25. The van der Waals surface area contributed by atoms with Gasteiger partial charge >= 0.3 is 0 Å². The fraction of sp³-hybridized carbons (Fsp3) is 0.706. The minimum absolute atomic E-state index is 0. The zero-order chi connectivity index (χ0) is 17.4. The maximum atomic E-state index is 6.04. The Balaban J connectivity index is 0.00000529. The number of hydrogen-bond donors (Lipinski definition) is 1. The number of hydrogen-bond acceptors (Lipinski definition) is 2. The highest BCUT2D eigenvalue weighted by molar-refractivity contribution is 14.0. The van der Waals surface area contributed by atoms with Crippen LogP contribution in [0.2, 0.25) is 5.02 Å². The van der Waals surface area contributed by atoms with Gasteiger partial charge in [0.25, 0.3) is 0 Å². The van der Waals surface area contributed by atoms with Crippen molar-refractivity contribution < 1.29 is 4.74 Å². The van der Waals surface area contributed by atoms with Crippen molar-refractivity contribution in [3.05, 3.63) is 23.0 Å². The second-order valence-corrected chi connectivity index (χ2v) is 6.55. The number of nitrogens with zero attached hydrogens (tertiary/aromatic N) is 3. The summed E-state index contributed by atoms with van der Waals surface area (Å²) in [5, 5.41) is 4.17. The van der Waals surface area contributed by atoms with Crippen LogP contribution in [0.5, 0.6) is 0 Å². The quantitative estimate of drug-likeness (QED) is 0.357. The van der Waals surface area contributed by atoms with Crippen LogP contribution in [0.15, 0.2) is 17.3 Å². The van der Waals surface area contributed by atoms with E-state index in [0.717, 1.165) is 42.8 Å². The maximum absolute atomic E-state index is 6.04. The average Bonchev–Trinajstić information content (AvgIpc) is 2.79. The van der Waals surface area contributed by atoms with Crippen LogP contribution >= 0.6 is 35.6 Å². The number of rotatable bonds is 8. The van der Waals surface area contributed by atoms with E-state index in [1.54, 1.807) is 7.05 Å². The predicted octanol–water partition coefficient (Wildman–Crippen LogP) is 3.75. The lowest BCUT2D eigenvalue weighted by atomic mass is 10.0. The molecule has 24 heavy (non-hydrogen) atoms. The molecule has 1 heterocycles. The Hall–Kier alpha value is -0.470. The molecule has 1 aromatic rings. The summed E-state index contributed by atoms with van der Waals surface area (Å²) in [7, 11) is 5.83. The second kappa shape index (κ2) is 12.0. The van der Waals surface area contributed by atoms with Crippen LogP contribution in [0.25, 0.3) is 0 Å². The Bertz CT molecular complexity index is 505. The molecule has 0 spiro atoms. The minimum atomic E-state index is 0. The summed E-state index contributed by atoms with van der Waals surface area (Å²) in [6, 6.07) is 1.98. The van der Waals surface area contributed by atoms with Gasteiger partial charge in [-0.2, -0.15) is 0 Å². The van der Waals surface area contributed by atoms with Gasteiger partial charge in [0.1, 0.15) is 0 Å². The smallest absolute Gasteiger partial charge is 0.193 e. The highest BCUT2D eigenvalue weighted by Gasteiger charge is 2.14. The van der Waals surface area contributed by atoms with Gasteiger partial charge in [0.05, 0.1) is 17.7 Å². The molecule has 0 aromatic carbocycles. The van der Waals surface area contributed by atoms with Gasteiger partial charge in [-0.25, -0.2) is 0 Å². The van der Waals surface area contributed by atoms with E-state index in [4.69, 9.17) is 16.3 Å². The first kappa shape index (κ1) is 23.5. The van der Waals surface area contributed by atoms with Crippen molar-refractivity contribution in [1.29, 1.82) is 0 Å². The molecule has 0 saturated carbocycles. The monoisotopic (exact) mass is 470 g/mol. The number of guanidine groups is 1. The fourth-order valence-corrected chi connectivity index (χ4v) is 2.85. The van der Waals surface area contributed by atoms with Gasteiger partial charge in [-0.05, 0) is 25.3 Å². The molecule has 0 aliphatic heterocycles. The van der Waals surface area contributed by atoms with Crippen molar-refractivity contribution in [1.82, 2.24) is 14.8 Å². The molecule has 1 N–H and O–H groups in total. The summed E-state index contributed by atoms with van der Waals surface area (Å²) >= 11 is 6.04. The molecule has 1 aromatic heterocycles. The Morgan fingerprint density at radius 2 is 2.12 bits per heavy atom. The average molecular weight is 471 g/mol. The third-order valence-electron chi connectivity index (χ3n) is 3.88. The van der Waals surface area contributed by atoms with Crippen molar-refractivity contribution in [3.8, 4) is 0 Å². The van der Waals surface area contributed by atoms with E-state index in [9.17, 15) is 0 Å². The highest BCUT2D eigenvalue weighted by Crippen LogP contribution is 2.14. The van der Waals surface area contributed by atoms with E-state index in [2.05, 4.69) is 29.1 Å². The number of aromatic nitrogens is 1. The third-order valence-corrected chi connectivity index (χ3v) is 4.09. The number of halogens is 2. The Morgan fingerprint density at radius 3 is 2.58 bits per heavy atom. The predicted molar refractivity (Wildman–Crippen MR) is 114 cm³/mol. The number of ether oxygens (including phenoxy) is 1. The zero-order valence-corrected chi connectivity index (χ0v) is 18.8. The maximum Gasteiger partial charge on any atom is 0.193 e. The van der Waals surface area contributed by atoms with Gasteiger partial charge in [-0.3, -0.25) is 4.99 Å². The summed E-state index contributed by atoms with van der Waals surface area (Å²) in [6.07, 6.45) is 3.16. The normalized spacial score (nSPS) is 12.9. The minimum Gasteiger partial charge on any atom is -0.378 e. The van der Waals surface area contributed by atoms with Crippen molar-refractivity contribution in [2.45, 2.75) is 39.8 Å². The molecule has 0 saturated heterocycles. The van der Waals surface area contributed by atoms with Gasteiger partial charge in [0.2, 0.25) is 0 Å². The second-order valence-electron chi connectivity index (χ2n) is 6.12. The molecule has 0 aliphatic carbocycles. The zero-order valence-electron chi connectivity index (χ0n) is 15.7. The van der Waals surface area contributed by atoms with Gasteiger partial charge in [0.15, 0.2) is 5.96 Å². The Labute approximate surface area is 168 Å². The molecule has 1 atom stereocenters. The van der Waals surface area contributed by atoms with Gasteiger partial charge in [-0.1, -0.05) is 25.4 Å². The number of aliphatic imine (C=N–C) groups is 1. The molecule has 0 bridgehead atoms. The Kier molecular flexibility index (Phi) is 11.7. The molecular weight excluding hydrogens is 439 g/mol. The fourth-order valence-electron chi connectivity index (χ4n) is 2.58. The van der Waals surface area contributed by atoms with Crippen LogP contribution in [0.1, 0.15) is 32.9 Å². The summed E-state index contributed by atoms with van der Waals surface area (Å²) < 4.78 is 7.82. The first-order valence-corrected chi connectivity index (χ1v) is 8.60. The van der Waals surface area contributed by atoms with Gasteiger partial charge in [-0.15, -0.1) is 24.0 Å². The van der Waals surface area contributed by atoms with E-state index in [1.165, 1.54) is 0 Å². The van der Waals surface area contributed by atoms with Gasteiger partial charge in [0, 0.05) is 46.2 Å². The number of nitrogens with one attached hydrogen (secondary N) is 1. The Morgan fingerprint density at radius 1 is 1.46 bits per heavy atom. The van der Waals surface area contributed by atoms with Crippen LogP contribution < -0.4 is 5.32 Å². The van der Waals surface area contributed by atoms with E-state index < -0.39 is 0 Å². The third kappa shape index (κ3) is 7.61. The van der Waals surface area contributed by atoms with Crippen molar-refractivity contribution in [2.24, 2.45) is 18.0 Å². The molecule has 0 fully saturated rings. The van der Waals surface area contributed by atoms with Crippen LogP contribution in [-0.4, -0.2) is 48.8 Å². The lowest BCUT2D eigenvalue weighted by Crippen LogP contribution is -2.40. The van der Waals surface area contributed by atoms with E-state index >= 15 is 0 Å². The molecule has 5 nitrogen and oxygen atoms in total. The highest BCUT2D eigenvalue weighted by atomic mass is 127. The summed E-state index contributed by atoms with van der Waals surface area (Å²) in [6.45, 7) is 8.78. The van der Waals surface area contributed by atoms with E-state index in [-0.39, 0.29) is 30.1 Å². The molecule has 1 unspecified atom stereocenters. The molecule has 1 rings (SSSR count). The first-order chi connectivity index (χ1) is 10.9. The number of aryl methyl sites for hydroxylation is 1. The molecule has 7 heteroatoms. The van der Waals surface area contributed by atoms with Crippen molar-refractivity contribution in [2.75, 3.05) is 27.2 Å². The standard InChI is InChI=1S/C17H31ClN4O.HI/c1-7-23-16(13(2)3)8-9-20-17(19-4)22(6)12-15-10-14(18)11-21(15)5;/h10-11,13,16H,7-9,12H2,1-6H3,(H,19,20);1H. The van der Waals surface area contributed by atoms with E-state index in [1.807, 2.05) is 37.8 Å². The van der Waals surface area contributed by atoms with Crippen LogP contribution in [-0.2, 0) is 18.3 Å². The van der Waals surface area contributed by atoms with Crippen molar-refractivity contribution in [3.63, 3.8) is 0 Å². The lowest BCUT2D eigenvalue weighted by molar-refractivity contribution is 0.0257. The molecule has 0 aliphatic rings. The summed E-state index contributed by atoms with van der Waals surface area (Å²) in [5.74, 6) is 1.39. The molecule has 0 radical (unpaired) electrons. The van der Waals surface area contributed by atoms with Crippen LogP contribution in [0, 0.1) is 5.92 Å². The van der Waals surface area contributed by atoms with Gasteiger partial charge < -0.3 is 19.5 Å². The SMILES string of the molecule is CCOC(CCNC(=NC)N(C)Cc1cc(Cl)cn1C)C(C)C.I. The topological polar surface area (TPSA) is 41.8 Å². The van der Waals surface area contributed by atoms with E-state index in [0.29, 0.717) is 5.92 Å². The van der Waals surface area contributed by atoms with Crippen LogP contribution in [0.3, 0.4) is 0 Å². The molecular formula is C17H32ClIN4O. The molecule has 140 valence electrons. The molecule has 0 amide bonds. The first-order valence-electron chi connectivity index (χ1n) is 8.23. The summed E-state index contributed by atoms with van der Waals surface area (Å²) in [4.78, 5) is 6.45. The van der Waals surface area contributed by atoms with Crippen LogP contribution in [0.4, 0.5) is 0 Å². The summed E-state index contributed by atoms with van der Waals surface area (Å²) in [5.41, 5.74) is 1.15. The largest absolute Gasteiger partial charge is 0.378 e.